The van der Waals surface area contributed by atoms with Gasteiger partial charge in [-0.15, -0.1) is 0 Å². The Hall–Kier alpha value is -2.62. The third kappa shape index (κ3) is 4.27. The zero-order valence-electron chi connectivity index (χ0n) is 12.9. The molecule has 3 aromatic rings. The smallest absolute Gasteiger partial charge is 0.416 e. The fourth-order valence-corrected chi connectivity index (χ4v) is 2.77. The summed E-state index contributed by atoms with van der Waals surface area (Å²) in [4.78, 5) is 16.0. The Morgan fingerprint density at radius 1 is 1.20 bits per heavy atom. The van der Waals surface area contributed by atoms with Crippen LogP contribution in [0.3, 0.4) is 0 Å². The van der Waals surface area contributed by atoms with Crippen LogP contribution in [-0.4, -0.2) is 19.9 Å². The number of anilines is 1. The summed E-state index contributed by atoms with van der Waals surface area (Å²) >= 11 is 1.24. The molecule has 0 aliphatic rings. The van der Waals surface area contributed by atoms with Crippen molar-refractivity contribution in [1.29, 1.82) is 0 Å². The highest BCUT2D eigenvalue weighted by atomic mass is 32.2. The minimum absolute atomic E-state index is 0.118. The van der Waals surface area contributed by atoms with Gasteiger partial charge in [-0.1, -0.05) is 23.9 Å². The molecule has 0 spiro atoms. The Morgan fingerprint density at radius 3 is 2.72 bits per heavy atom. The molecule has 10 heteroatoms. The molecule has 0 aliphatic heterocycles. The first kappa shape index (κ1) is 17.2. The lowest BCUT2D eigenvalue weighted by Gasteiger charge is -2.07. The summed E-state index contributed by atoms with van der Waals surface area (Å²) in [5.74, 6) is 1.52. The van der Waals surface area contributed by atoms with E-state index in [1.165, 1.54) is 30.1 Å². The van der Waals surface area contributed by atoms with Crippen molar-refractivity contribution in [2.75, 3.05) is 5.73 Å². The van der Waals surface area contributed by atoms with Crippen LogP contribution < -0.4 is 5.73 Å². The van der Waals surface area contributed by atoms with Gasteiger partial charge in [-0.2, -0.15) is 23.1 Å². The Morgan fingerprint density at radius 2 is 2.00 bits per heavy atom. The number of halogens is 3. The van der Waals surface area contributed by atoms with E-state index in [1.807, 2.05) is 0 Å². The minimum Gasteiger partial charge on any atom is -0.440 e. The molecule has 0 saturated carbocycles. The number of benzene rings is 1. The van der Waals surface area contributed by atoms with E-state index in [0.717, 1.165) is 12.1 Å². The van der Waals surface area contributed by atoms with Gasteiger partial charge in [-0.3, -0.25) is 0 Å². The molecular formula is C15H12F3N5OS. The van der Waals surface area contributed by atoms with Crippen LogP contribution in [0.1, 0.15) is 17.3 Å². The van der Waals surface area contributed by atoms with E-state index >= 15 is 0 Å². The normalized spacial score (nSPS) is 11.7. The van der Waals surface area contributed by atoms with Crippen molar-refractivity contribution in [3.63, 3.8) is 0 Å². The second-order valence-electron chi connectivity index (χ2n) is 5.01. The van der Waals surface area contributed by atoms with E-state index in [-0.39, 0.29) is 11.7 Å². The van der Waals surface area contributed by atoms with Crippen LogP contribution in [0.2, 0.25) is 0 Å². The van der Waals surface area contributed by atoms with Gasteiger partial charge in [0.15, 0.2) is 10.9 Å². The van der Waals surface area contributed by atoms with Crippen LogP contribution in [0.4, 0.5) is 19.1 Å². The van der Waals surface area contributed by atoms with Crippen LogP contribution in [-0.2, 0) is 11.9 Å². The lowest BCUT2D eigenvalue weighted by atomic mass is 10.1. The molecule has 0 saturated heterocycles. The van der Waals surface area contributed by atoms with Crippen molar-refractivity contribution in [3.8, 4) is 11.3 Å². The maximum absolute atomic E-state index is 12.8. The average molecular weight is 367 g/mol. The number of hydrogen-bond acceptors (Lipinski definition) is 7. The number of aryl methyl sites for hydroxylation is 1. The zero-order chi connectivity index (χ0) is 18.0. The summed E-state index contributed by atoms with van der Waals surface area (Å²) in [6, 6.07) is 4.88. The van der Waals surface area contributed by atoms with Gasteiger partial charge >= 0.3 is 6.18 Å². The molecular weight excluding hydrogens is 355 g/mol. The molecule has 6 nitrogen and oxygen atoms in total. The first-order valence-electron chi connectivity index (χ1n) is 7.04. The second kappa shape index (κ2) is 6.71. The Labute approximate surface area is 144 Å². The lowest BCUT2D eigenvalue weighted by Crippen LogP contribution is -2.04. The fourth-order valence-electron chi connectivity index (χ4n) is 2.03. The summed E-state index contributed by atoms with van der Waals surface area (Å²) in [6.07, 6.45) is -3.02. The van der Waals surface area contributed by atoms with Crippen LogP contribution in [0.15, 0.2) is 40.0 Å². The highest BCUT2D eigenvalue weighted by Crippen LogP contribution is 2.32. The van der Waals surface area contributed by atoms with Crippen LogP contribution in [0.5, 0.6) is 0 Å². The van der Waals surface area contributed by atoms with Crippen LogP contribution in [0.25, 0.3) is 11.3 Å². The molecule has 0 unspecified atom stereocenters. The first-order chi connectivity index (χ1) is 11.8. The molecule has 3 rings (SSSR count). The highest BCUT2D eigenvalue weighted by Gasteiger charge is 2.30. The van der Waals surface area contributed by atoms with Gasteiger partial charge in [0.25, 0.3) is 0 Å². The van der Waals surface area contributed by atoms with Crippen molar-refractivity contribution in [3.05, 3.63) is 47.7 Å². The molecule has 2 heterocycles. The summed E-state index contributed by atoms with van der Waals surface area (Å²) < 4.78 is 43.9. The number of thioether (sulfide) groups is 1. The number of oxazole rings is 1. The van der Waals surface area contributed by atoms with Gasteiger partial charge in [-0.05, 0) is 19.1 Å². The highest BCUT2D eigenvalue weighted by molar-refractivity contribution is 7.98. The van der Waals surface area contributed by atoms with Crippen molar-refractivity contribution in [2.45, 2.75) is 24.0 Å². The van der Waals surface area contributed by atoms with Gasteiger partial charge in [-0.25, -0.2) is 9.97 Å². The number of rotatable bonds is 4. The van der Waals surface area contributed by atoms with Crippen molar-refractivity contribution >= 4 is 17.7 Å². The van der Waals surface area contributed by atoms with Crippen LogP contribution >= 0.6 is 11.8 Å². The molecule has 0 amide bonds. The largest absolute Gasteiger partial charge is 0.440 e. The molecule has 0 radical (unpaired) electrons. The van der Waals surface area contributed by atoms with Gasteiger partial charge < -0.3 is 10.2 Å². The van der Waals surface area contributed by atoms with Gasteiger partial charge in [0.05, 0.1) is 17.5 Å². The third-order valence-corrected chi connectivity index (χ3v) is 3.93. The van der Waals surface area contributed by atoms with E-state index in [4.69, 9.17) is 10.2 Å². The fraction of sp³-hybridized carbons (Fsp3) is 0.200. The zero-order valence-corrected chi connectivity index (χ0v) is 13.7. The molecule has 1 aromatic carbocycles. The molecule has 0 aliphatic carbocycles. The molecule has 130 valence electrons. The Balaban J connectivity index is 1.74. The van der Waals surface area contributed by atoms with Crippen LogP contribution in [0, 0.1) is 6.92 Å². The van der Waals surface area contributed by atoms with Gasteiger partial charge in [0.2, 0.25) is 11.8 Å². The number of hydrogen-bond donors (Lipinski definition) is 1. The minimum atomic E-state index is -4.41. The van der Waals surface area contributed by atoms with E-state index in [0.29, 0.717) is 28.2 Å². The standard InChI is InChI=1S/C15H12F3N5OS/c1-8-21-13(19)23-14(22-8)25-7-12-20-6-11(24-12)9-3-2-4-10(5-9)15(16,17)18/h2-6H,7H2,1H3,(H2,19,21,22,23). The van der Waals surface area contributed by atoms with Crippen molar-refractivity contribution in [1.82, 2.24) is 19.9 Å². The third-order valence-electron chi connectivity index (χ3n) is 3.10. The Kier molecular flexibility index (Phi) is 4.62. The molecule has 0 atom stereocenters. The predicted molar refractivity (Wildman–Crippen MR) is 85.5 cm³/mol. The maximum atomic E-state index is 12.8. The van der Waals surface area contributed by atoms with E-state index in [1.54, 1.807) is 6.92 Å². The first-order valence-corrected chi connectivity index (χ1v) is 8.03. The molecule has 0 fully saturated rings. The van der Waals surface area contributed by atoms with E-state index < -0.39 is 11.7 Å². The lowest BCUT2D eigenvalue weighted by molar-refractivity contribution is -0.137. The SMILES string of the molecule is Cc1nc(N)nc(SCc2ncc(-c3cccc(C(F)(F)F)c3)o2)n1. The average Bonchev–Trinajstić information content (AvgIpc) is 3.00. The number of aromatic nitrogens is 4. The van der Waals surface area contributed by atoms with Gasteiger partial charge in [0, 0.05) is 5.56 Å². The summed E-state index contributed by atoms with van der Waals surface area (Å²) in [5.41, 5.74) is 5.11. The predicted octanol–water partition coefficient (Wildman–Crippen LogP) is 3.73. The summed E-state index contributed by atoms with van der Waals surface area (Å²) in [7, 11) is 0. The Bertz CT molecular complexity index is 877. The summed E-state index contributed by atoms with van der Waals surface area (Å²) in [6.45, 7) is 1.69. The quantitative estimate of drug-likeness (QED) is 0.703. The van der Waals surface area contributed by atoms with Crippen molar-refractivity contribution < 1.29 is 17.6 Å². The second-order valence-corrected chi connectivity index (χ2v) is 5.95. The molecule has 2 aromatic heterocycles. The molecule has 2 N–H and O–H groups in total. The number of nitrogens with two attached hydrogens (primary N) is 1. The topological polar surface area (TPSA) is 90.7 Å². The van der Waals surface area contributed by atoms with Gasteiger partial charge in [0.1, 0.15) is 5.82 Å². The van der Waals surface area contributed by atoms with E-state index in [9.17, 15) is 13.2 Å². The molecule has 0 bridgehead atoms. The maximum Gasteiger partial charge on any atom is 0.416 e. The molecule has 25 heavy (non-hydrogen) atoms. The number of nitrogens with zero attached hydrogens (tertiary/aromatic N) is 4. The van der Waals surface area contributed by atoms with E-state index in [2.05, 4.69) is 19.9 Å². The van der Waals surface area contributed by atoms with Crippen molar-refractivity contribution in [2.24, 2.45) is 0 Å². The monoisotopic (exact) mass is 367 g/mol. The number of alkyl halides is 3. The summed E-state index contributed by atoms with van der Waals surface area (Å²) in [5, 5.41) is 0.420. The number of nitrogen functional groups attached to an aromatic ring is 1.